The Morgan fingerprint density at radius 2 is 1.91 bits per heavy atom. The Hall–Kier alpha value is -0.120. The molecule has 1 aliphatic heterocycles. The van der Waals surface area contributed by atoms with Gasteiger partial charge in [-0.2, -0.15) is 0 Å². The van der Waals surface area contributed by atoms with E-state index >= 15 is 0 Å². The van der Waals surface area contributed by atoms with Crippen LogP contribution in [-0.2, 0) is 0 Å². The van der Waals surface area contributed by atoms with Crippen LogP contribution in [0.5, 0.6) is 0 Å². The van der Waals surface area contributed by atoms with Crippen molar-refractivity contribution in [2.75, 3.05) is 20.1 Å². The fraction of sp³-hybridized carbons (Fsp3) is 1.00. The largest absolute Gasteiger partial charge is 0.298 e. The van der Waals surface area contributed by atoms with E-state index in [1.54, 1.807) is 0 Å². The Labute approximate surface area is 69.1 Å². The molecule has 1 rings (SSSR count). The summed E-state index contributed by atoms with van der Waals surface area (Å²) in [6, 6.07) is 0.432. The summed E-state index contributed by atoms with van der Waals surface area (Å²) in [6.45, 7) is 8.68. The van der Waals surface area contributed by atoms with Crippen molar-refractivity contribution < 1.29 is 0 Å². The van der Waals surface area contributed by atoms with Crippen LogP contribution in [0, 0.1) is 0 Å². The van der Waals surface area contributed by atoms with Crippen molar-refractivity contribution in [1.29, 1.82) is 0 Å². The summed E-state index contributed by atoms with van der Waals surface area (Å²) in [6.07, 6.45) is 0. The summed E-state index contributed by atoms with van der Waals surface area (Å²) < 4.78 is 0. The maximum Gasteiger partial charge on any atom is 0.0392 e. The van der Waals surface area contributed by atoms with Gasteiger partial charge in [-0.1, -0.05) is 0 Å². The lowest BCUT2D eigenvalue weighted by Crippen LogP contribution is -2.64. The molecule has 1 unspecified atom stereocenters. The lowest BCUT2D eigenvalue weighted by Gasteiger charge is -2.49. The molecule has 0 bridgehead atoms. The van der Waals surface area contributed by atoms with Gasteiger partial charge < -0.3 is 0 Å². The average molecular weight is 157 g/mol. The third-order valence-corrected chi connectivity index (χ3v) is 3.20. The third-order valence-electron chi connectivity index (χ3n) is 3.20. The zero-order valence-electron chi connectivity index (χ0n) is 7.96. The van der Waals surface area contributed by atoms with E-state index in [-0.39, 0.29) is 5.54 Å². The van der Waals surface area contributed by atoms with Crippen LogP contribution >= 0.6 is 0 Å². The summed E-state index contributed by atoms with van der Waals surface area (Å²) >= 11 is 0. The average Bonchev–Trinajstić information content (AvgIpc) is 1.95. The second-order valence-corrected chi connectivity index (χ2v) is 3.99. The molecule has 0 radical (unpaired) electrons. The molecule has 0 spiro atoms. The van der Waals surface area contributed by atoms with Gasteiger partial charge in [0.1, 0.15) is 0 Å². The van der Waals surface area contributed by atoms with Crippen LogP contribution in [0.3, 0.4) is 0 Å². The van der Waals surface area contributed by atoms with Gasteiger partial charge in [0.2, 0.25) is 0 Å². The number of hydrogen-bond acceptors (Lipinski definition) is 3. The molecule has 0 saturated carbocycles. The minimum atomic E-state index is 0.201. The van der Waals surface area contributed by atoms with Crippen molar-refractivity contribution in [1.82, 2.24) is 9.91 Å². The number of hydrogen-bond donors (Lipinski definition) is 1. The monoisotopic (exact) mass is 157 g/mol. The topological polar surface area (TPSA) is 32.5 Å². The number of piperazine rings is 1. The molecule has 0 aliphatic carbocycles. The number of nitrogens with zero attached hydrogens (tertiary/aromatic N) is 2. The summed E-state index contributed by atoms with van der Waals surface area (Å²) in [5, 5.41) is 1.93. The molecule has 11 heavy (non-hydrogen) atoms. The van der Waals surface area contributed by atoms with Crippen molar-refractivity contribution in [3.63, 3.8) is 0 Å². The third kappa shape index (κ3) is 1.41. The molecule has 2 N–H and O–H groups in total. The number of rotatable bonds is 0. The molecule has 0 aromatic carbocycles. The predicted molar refractivity (Wildman–Crippen MR) is 47.1 cm³/mol. The molecule has 3 heteroatoms. The van der Waals surface area contributed by atoms with E-state index in [0.717, 1.165) is 13.1 Å². The fourth-order valence-electron chi connectivity index (χ4n) is 1.47. The van der Waals surface area contributed by atoms with Crippen molar-refractivity contribution >= 4 is 0 Å². The van der Waals surface area contributed by atoms with Crippen molar-refractivity contribution in [2.24, 2.45) is 5.84 Å². The zero-order valence-corrected chi connectivity index (χ0v) is 7.96. The van der Waals surface area contributed by atoms with E-state index < -0.39 is 0 Å². The van der Waals surface area contributed by atoms with Crippen molar-refractivity contribution in [2.45, 2.75) is 32.4 Å². The van der Waals surface area contributed by atoms with E-state index in [2.05, 4.69) is 32.7 Å². The second kappa shape index (κ2) is 2.73. The number of likely N-dealkylation sites (N-methyl/N-ethyl adjacent to an activating group) is 1. The molecule has 0 aromatic rings. The minimum Gasteiger partial charge on any atom is -0.298 e. The fourth-order valence-corrected chi connectivity index (χ4v) is 1.47. The normalized spacial score (nSPS) is 34.1. The first-order valence-electron chi connectivity index (χ1n) is 4.19. The molecule has 1 heterocycles. The minimum absolute atomic E-state index is 0.201. The smallest absolute Gasteiger partial charge is 0.0392 e. The van der Waals surface area contributed by atoms with Crippen LogP contribution in [0.1, 0.15) is 20.8 Å². The van der Waals surface area contributed by atoms with Gasteiger partial charge >= 0.3 is 0 Å². The van der Waals surface area contributed by atoms with E-state index in [1.165, 1.54) is 0 Å². The zero-order chi connectivity index (χ0) is 8.65. The highest BCUT2D eigenvalue weighted by Gasteiger charge is 2.36. The van der Waals surface area contributed by atoms with E-state index in [9.17, 15) is 0 Å². The lowest BCUT2D eigenvalue weighted by atomic mass is 9.91. The van der Waals surface area contributed by atoms with E-state index in [0.29, 0.717) is 6.04 Å². The lowest BCUT2D eigenvalue weighted by molar-refractivity contribution is -0.00998. The van der Waals surface area contributed by atoms with Gasteiger partial charge in [-0.05, 0) is 27.8 Å². The Morgan fingerprint density at radius 1 is 1.36 bits per heavy atom. The van der Waals surface area contributed by atoms with Gasteiger partial charge in [-0.15, -0.1) is 0 Å². The van der Waals surface area contributed by atoms with Gasteiger partial charge in [-0.3, -0.25) is 10.7 Å². The van der Waals surface area contributed by atoms with E-state index in [1.807, 2.05) is 5.01 Å². The molecule has 1 saturated heterocycles. The standard InChI is InChI=1S/C8H19N3/c1-7-8(2,3)10(4)5-6-11(7)9/h7H,5-6,9H2,1-4H3. The molecule has 0 aromatic heterocycles. The summed E-state index contributed by atoms with van der Waals surface area (Å²) in [5.41, 5.74) is 0.201. The maximum absolute atomic E-state index is 5.82. The molecular formula is C8H19N3. The molecule has 3 nitrogen and oxygen atoms in total. The van der Waals surface area contributed by atoms with Crippen LogP contribution in [0.15, 0.2) is 0 Å². The van der Waals surface area contributed by atoms with Crippen molar-refractivity contribution in [3.8, 4) is 0 Å². The van der Waals surface area contributed by atoms with Crippen LogP contribution in [0.25, 0.3) is 0 Å². The Balaban J connectivity index is 2.72. The summed E-state index contributed by atoms with van der Waals surface area (Å²) in [7, 11) is 2.16. The van der Waals surface area contributed by atoms with Gasteiger partial charge in [0.25, 0.3) is 0 Å². The van der Waals surface area contributed by atoms with Gasteiger partial charge in [0.05, 0.1) is 0 Å². The highest BCUT2D eigenvalue weighted by molar-refractivity contribution is 4.93. The highest BCUT2D eigenvalue weighted by Crippen LogP contribution is 2.23. The summed E-state index contributed by atoms with van der Waals surface area (Å²) in [4.78, 5) is 2.36. The SMILES string of the molecule is CC1N(N)CCN(C)C1(C)C. The first-order valence-corrected chi connectivity index (χ1v) is 4.19. The van der Waals surface area contributed by atoms with Crippen LogP contribution in [0.2, 0.25) is 0 Å². The second-order valence-electron chi connectivity index (χ2n) is 3.99. The van der Waals surface area contributed by atoms with E-state index in [4.69, 9.17) is 5.84 Å². The van der Waals surface area contributed by atoms with Crippen molar-refractivity contribution in [3.05, 3.63) is 0 Å². The van der Waals surface area contributed by atoms with Crippen LogP contribution < -0.4 is 5.84 Å². The van der Waals surface area contributed by atoms with Crippen LogP contribution in [0.4, 0.5) is 0 Å². The molecule has 66 valence electrons. The molecule has 1 fully saturated rings. The molecule has 1 aliphatic rings. The Kier molecular flexibility index (Phi) is 2.23. The summed E-state index contributed by atoms with van der Waals surface area (Å²) in [5.74, 6) is 5.82. The number of hydrazine groups is 1. The first-order chi connectivity index (χ1) is 4.96. The number of nitrogens with two attached hydrogens (primary N) is 1. The molecule has 1 atom stereocenters. The Bertz CT molecular complexity index is 144. The molecule has 0 amide bonds. The Morgan fingerprint density at radius 3 is 2.36 bits per heavy atom. The van der Waals surface area contributed by atoms with Gasteiger partial charge in [-0.25, -0.2) is 5.01 Å². The predicted octanol–water partition coefficient (Wildman–Crippen LogP) is 0.275. The maximum atomic E-state index is 5.82. The van der Waals surface area contributed by atoms with Gasteiger partial charge in [0, 0.05) is 24.7 Å². The quantitative estimate of drug-likeness (QED) is 0.512. The van der Waals surface area contributed by atoms with Gasteiger partial charge in [0.15, 0.2) is 0 Å². The van der Waals surface area contributed by atoms with Crippen LogP contribution in [-0.4, -0.2) is 41.6 Å². The molecular weight excluding hydrogens is 138 g/mol. The highest BCUT2D eigenvalue weighted by atomic mass is 15.5. The first kappa shape index (κ1) is 8.97.